The summed E-state index contributed by atoms with van der Waals surface area (Å²) in [5.74, 6) is 0. The monoisotopic (exact) mass is 500 g/mol. The van der Waals surface area contributed by atoms with Crippen molar-refractivity contribution < 1.29 is 19.9 Å². The van der Waals surface area contributed by atoms with E-state index in [0.29, 0.717) is 0 Å². The van der Waals surface area contributed by atoms with E-state index in [2.05, 4.69) is 72.7 Å². The highest BCUT2D eigenvalue weighted by Crippen LogP contribution is 2.39. The first-order chi connectivity index (χ1) is 16.1. The number of hydroxylamine groups is 4. The van der Waals surface area contributed by atoms with Gasteiger partial charge >= 0.3 is 0 Å². The summed E-state index contributed by atoms with van der Waals surface area (Å²) in [4.78, 5) is 2.35. The first-order valence-electron chi connectivity index (χ1n) is 13.7. The van der Waals surface area contributed by atoms with Gasteiger partial charge in [-0.2, -0.15) is 10.1 Å². The van der Waals surface area contributed by atoms with E-state index in [-0.39, 0.29) is 34.4 Å². The third-order valence-corrected chi connectivity index (χ3v) is 7.76. The van der Waals surface area contributed by atoms with Gasteiger partial charge in [-0.25, -0.2) is 0 Å². The van der Waals surface area contributed by atoms with Gasteiger partial charge in [0, 0.05) is 55.0 Å². The Morgan fingerprint density at radius 1 is 0.686 bits per heavy atom. The van der Waals surface area contributed by atoms with Gasteiger partial charge in [0.25, 0.3) is 0 Å². The molecule has 35 heavy (non-hydrogen) atoms. The molecule has 0 atom stereocenters. The number of nitrogens with one attached hydrogen (secondary N) is 1. The minimum Gasteiger partial charge on any atom is -0.378 e. The molecule has 2 rings (SSSR count). The van der Waals surface area contributed by atoms with Crippen LogP contribution in [0.25, 0.3) is 0 Å². The van der Waals surface area contributed by atoms with Crippen molar-refractivity contribution in [2.75, 3.05) is 46.4 Å². The van der Waals surface area contributed by atoms with Crippen molar-refractivity contribution in [2.45, 2.75) is 128 Å². The SMILES string of the molecule is CN(CCCOC1CC(C)(C)N(O)C(C)(C)C1)CCNCCCOC1CC(C)(C)N(O)C(C)(C)C1. The molecule has 0 aromatic carbocycles. The van der Waals surface area contributed by atoms with Crippen molar-refractivity contribution in [2.24, 2.45) is 0 Å². The van der Waals surface area contributed by atoms with Crippen molar-refractivity contribution >= 4 is 0 Å². The van der Waals surface area contributed by atoms with Crippen molar-refractivity contribution in [1.82, 2.24) is 20.3 Å². The fourth-order valence-electron chi connectivity index (χ4n) is 6.13. The standard InChI is InChI=1S/C27H56N4O4/c1-24(2)18-22(19-25(3,4)30(24)32)34-16-10-12-28-13-15-29(9)14-11-17-35-23-20-26(5,6)31(33)27(7,8)21-23/h22-23,28,32-33H,10-21H2,1-9H3. The van der Waals surface area contributed by atoms with E-state index in [1.807, 2.05) is 0 Å². The summed E-state index contributed by atoms with van der Waals surface area (Å²) in [5, 5.41) is 27.4. The molecule has 2 aliphatic rings. The van der Waals surface area contributed by atoms with Gasteiger partial charge in [0.2, 0.25) is 0 Å². The van der Waals surface area contributed by atoms with Crippen LogP contribution in [0, 0.1) is 0 Å². The largest absolute Gasteiger partial charge is 0.378 e. The molecule has 0 spiro atoms. The second kappa shape index (κ2) is 12.5. The van der Waals surface area contributed by atoms with Gasteiger partial charge in [-0.15, -0.1) is 0 Å². The molecule has 2 saturated heterocycles. The zero-order valence-corrected chi connectivity index (χ0v) is 24.2. The van der Waals surface area contributed by atoms with Crippen LogP contribution in [0.3, 0.4) is 0 Å². The van der Waals surface area contributed by atoms with E-state index >= 15 is 0 Å². The summed E-state index contributed by atoms with van der Waals surface area (Å²) in [6.45, 7) is 22.1. The average molecular weight is 501 g/mol. The maximum Gasteiger partial charge on any atom is 0.0611 e. The number of piperidine rings is 2. The predicted molar refractivity (Wildman–Crippen MR) is 141 cm³/mol. The topological polar surface area (TPSA) is 80.7 Å². The van der Waals surface area contributed by atoms with Gasteiger partial charge in [0.1, 0.15) is 0 Å². The molecule has 2 aliphatic heterocycles. The third-order valence-electron chi connectivity index (χ3n) is 7.76. The van der Waals surface area contributed by atoms with Gasteiger partial charge in [-0.05, 0) is 108 Å². The van der Waals surface area contributed by atoms with E-state index < -0.39 is 0 Å². The molecule has 0 radical (unpaired) electrons. The smallest absolute Gasteiger partial charge is 0.0611 e. The number of ether oxygens (including phenoxy) is 2. The Morgan fingerprint density at radius 3 is 1.51 bits per heavy atom. The number of hydrogen-bond acceptors (Lipinski definition) is 8. The van der Waals surface area contributed by atoms with Crippen LogP contribution in [-0.4, -0.2) is 106 Å². The molecule has 0 unspecified atom stereocenters. The lowest BCUT2D eigenvalue weighted by atomic mass is 9.80. The van der Waals surface area contributed by atoms with Crippen LogP contribution in [0.5, 0.6) is 0 Å². The summed E-state index contributed by atoms with van der Waals surface area (Å²) in [6, 6.07) is 0. The lowest BCUT2D eigenvalue weighted by Gasteiger charge is -2.51. The lowest BCUT2D eigenvalue weighted by Crippen LogP contribution is -2.60. The van der Waals surface area contributed by atoms with Gasteiger partial charge in [0.05, 0.1) is 12.2 Å². The quantitative estimate of drug-likeness (QED) is 0.326. The molecule has 0 aromatic heterocycles. The Morgan fingerprint density at radius 2 is 1.09 bits per heavy atom. The Hall–Kier alpha value is -0.320. The van der Waals surface area contributed by atoms with E-state index in [9.17, 15) is 10.4 Å². The van der Waals surface area contributed by atoms with Crippen molar-refractivity contribution in [3.63, 3.8) is 0 Å². The third kappa shape index (κ3) is 9.18. The summed E-state index contributed by atoms with van der Waals surface area (Å²) < 4.78 is 12.4. The zero-order chi connectivity index (χ0) is 26.5. The molecule has 208 valence electrons. The number of nitrogens with zero attached hydrogens (tertiary/aromatic N) is 3. The average Bonchev–Trinajstić information content (AvgIpc) is 2.72. The molecule has 0 saturated carbocycles. The molecule has 0 bridgehead atoms. The Bertz CT molecular complexity index is 605. The van der Waals surface area contributed by atoms with Crippen LogP contribution in [-0.2, 0) is 9.47 Å². The number of hydrogen-bond donors (Lipinski definition) is 3. The molecule has 0 aliphatic carbocycles. The van der Waals surface area contributed by atoms with Crippen LogP contribution in [0.4, 0.5) is 0 Å². The molecule has 3 N–H and O–H groups in total. The first-order valence-corrected chi connectivity index (χ1v) is 13.7. The van der Waals surface area contributed by atoms with Gasteiger partial charge in [0.15, 0.2) is 0 Å². The normalized spacial score (nSPS) is 25.4. The minimum atomic E-state index is -0.260. The first kappa shape index (κ1) is 30.9. The minimum absolute atomic E-state index is 0.199. The Labute approximate surface area is 215 Å². The van der Waals surface area contributed by atoms with Crippen LogP contribution < -0.4 is 5.32 Å². The van der Waals surface area contributed by atoms with Crippen LogP contribution in [0.2, 0.25) is 0 Å². The molecular weight excluding hydrogens is 444 g/mol. The Balaban J connectivity index is 1.50. The van der Waals surface area contributed by atoms with Crippen molar-refractivity contribution in [3.8, 4) is 0 Å². The fourth-order valence-corrected chi connectivity index (χ4v) is 6.13. The summed E-state index contributed by atoms with van der Waals surface area (Å²) in [5.41, 5.74) is -1.04. The maximum atomic E-state index is 10.4. The molecule has 0 aromatic rings. The highest BCUT2D eigenvalue weighted by molar-refractivity contribution is 4.97. The Kier molecular flexibility index (Phi) is 11.0. The number of rotatable bonds is 13. The van der Waals surface area contributed by atoms with E-state index in [4.69, 9.17) is 9.47 Å². The second-order valence-electron chi connectivity index (χ2n) is 13.4. The second-order valence-corrected chi connectivity index (χ2v) is 13.4. The highest BCUT2D eigenvalue weighted by Gasteiger charge is 2.46. The van der Waals surface area contributed by atoms with Crippen LogP contribution >= 0.6 is 0 Å². The van der Waals surface area contributed by atoms with Gasteiger partial charge in [-0.3, -0.25) is 0 Å². The molecule has 2 heterocycles. The molecule has 0 amide bonds. The fraction of sp³-hybridized carbons (Fsp3) is 1.00. The van der Waals surface area contributed by atoms with E-state index in [0.717, 1.165) is 77.9 Å². The van der Waals surface area contributed by atoms with Gasteiger partial charge < -0.3 is 30.1 Å². The van der Waals surface area contributed by atoms with Crippen molar-refractivity contribution in [1.29, 1.82) is 0 Å². The zero-order valence-electron chi connectivity index (χ0n) is 24.2. The van der Waals surface area contributed by atoms with E-state index in [1.54, 1.807) is 0 Å². The van der Waals surface area contributed by atoms with Crippen LogP contribution in [0.1, 0.15) is 93.9 Å². The molecular formula is C27H56N4O4. The number of likely N-dealkylation sites (N-methyl/N-ethyl adjacent to an activating group) is 1. The lowest BCUT2D eigenvalue weighted by molar-refractivity contribution is -0.261. The molecule has 8 nitrogen and oxygen atoms in total. The van der Waals surface area contributed by atoms with Crippen LogP contribution in [0.15, 0.2) is 0 Å². The maximum absolute atomic E-state index is 10.4. The predicted octanol–water partition coefficient (Wildman–Crippen LogP) is 4.14. The summed E-state index contributed by atoms with van der Waals surface area (Å²) >= 11 is 0. The summed E-state index contributed by atoms with van der Waals surface area (Å²) in [6.07, 6.45) is 5.83. The highest BCUT2D eigenvalue weighted by atomic mass is 16.5. The molecule has 8 heteroatoms. The van der Waals surface area contributed by atoms with E-state index in [1.165, 1.54) is 10.1 Å². The molecule has 2 fully saturated rings. The van der Waals surface area contributed by atoms with Gasteiger partial charge in [-0.1, -0.05) is 0 Å². The van der Waals surface area contributed by atoms with Crippen molar-refractivity contribution in [3.05, 3.63) is 0 Å². The summed E-state index contributed by atoms with van der Waals surface area (Å²) in [7, 11) is 2.16.